The van der Waals surface area contributed by atoms with Crippen LogP contribution in [0.15, 0.2) is 22.7 Å². The molecule has 2 rings (SSSR count). The van der Waals surface area contributed by atoms with Crippen LogP contribution in [0.4, 0.5) is 0 Å². The average molecular weight is 347 g/mol. The van der Waals surface area contributed by atoms with E-state index in [0.717, 1.165) is 30.2 Å². The summed E-state index contributed by atoms with van der Waals surface area (Å²) in [6.07, 6.45) is 3.77. The molecule has 1 aliphatic rings. The lowest BCUT2D eigenvalue weighted by molar-refractivity contribution is 0.0914. The van der Waals surface area contributed by atoms with E-state index in [-0.39, 0.29) is 18.6 Å². The Bertz CT molecular complexity index is 459. The van der Waals surface area contributed by atoms with Crippen LogP contribution < -0.4 is 5.32 Å². The fourth-order valence-corrected chi connectivity index (χ4v) is 3.01. The number of aliphatic hydroxyl groups excluding tert-OH is 1. The highest BCUT2D eigenvalue weighted by Crippen LogP contribution is 2.27. The van der Waals surface area contributed by atoms with E-state index in [1.165, 1.54) is 0 Å². The van der Waals surface area contributed by atoms with Gasteiger partial charge in [-0.1, -0.05) is 17.7 Å². The van der Waals surface area contributed by atoms with E-state index >= 15 is 0 Å². The molecule has 1 aromatic carbocycles. The van der Waals surface area contributed by atoms with Crippen molar-refractivity contribution in [1.82, 2.24) is 5.32 Å². The first-order valence-corrected chi connectivity index (χ1v) is 7.64. The lowest BCUT2D eigenvalue weighted by Crippen LogP contribution is -2.38. The van der Waals surface area contributed by atoms with Gasteiger partial charge in [0.15, 0.2) is 0 Å². The van der Waals surface area contributed by atoms with Crippen molar-refractivity contribution in [3.63, 3.8) is 0 Å². The standard InChI is InChI=1S/C14H17BrClNO2/c15-12-3-1-2-11(13(12)16)14(19)17-10-6-4-9(8-18)5-7-10/h1-3,9-10,18H,4-8H2,(H,17,19). The minimum Gasteiger partial charge on any atom is -0.396 e. The van der Waals surface area contributed by atoms with Crippen molar-refractivity contribution in [1.29, 1.82) is 0 Å². The van der Waals surface area contributed by atoms with Crippen LogP contribution in [0.1, 0.15) is 36.0 Å². The first-order valence-electron chi connectivity index (χ1n) is 6.47. The number of benzene rings is 1. The summed E-state index contributed by atoms with van der Waals surface area (Å²) in [6, 6.07) is 5.52. The molecule has 1 aliphatic carbocycles. The van der Waals surface area contributed by atoms with E-state index in [0.29, 0.717) is 16.5 Å². The predicted octanol–water partition coefficient (Wildman–Crippen LogP) is 3.38. The highest BCUT2D eigenvalue weighted by Gasteiger charge is 2.23. The van der Waals surface area contributed by atoms with Gasteiger partial charge in [-0.05, 0) is 59.7 Å². The Labute approximate surface area is 126 Å². The Kier molecular flexibility index (Phi) is 5.25. The molecule has 0 spiro atoms. The van der Waals surface area contributed by atoms with E-state index < -0.39 is 0 Å². The molecule has 0 bridgehead atoms. The molecular formula is C14H17BrClNO2. The van der Waals surface area contributed by atoms with Gasteiger partial charge in [0.2, 0.25) is 0 Å². The van der Waals surface area contributed by atoms with Crippen molar-refractivity contribution in [3.05, 3.63) is 33.3 Å². The zero-order valence-electron chi connectivity index (χ0n) is 10.5. The lowest BCUT2D eigenvalue weighted by atomic mass is 9.86. The average Bonchev–Trinajstić information content (AvgIpc) is 2.42. The fourth-order valence-electron chi connectivity index (χ4n) is 2.43. The number of rotatable bonds is 3. The van der Waals surface area contributed by atoms with Gasteiger partial charge in [0.1, 0.15) is 0 Å². The van der Waals surface area contributed by atoms with Gasteiger partial charge < -0.3 is 10.4 Å². The minimum atomic E-state index is -0.126. The van der Waals surface area contributed by atoms with Crippen LogP contribution in [0.5, 0.6) is 0 Å². The van der Waals surface area contributed by atoms with Crippen LogP contribution in [0.3, 0.4) is 0 Å². The number of carbonyl (C=O) groups is 1. The van der Waals surface area contributed by atoms with Gasteiger partial charge in [0.25, 0.3) is 5.91 Å². The SMILES string of the molecule is O=C(NC1CCC(CO)CC1)c1cccc(Br)c1Cl. The molecule has 1 saturated carbocycles. The van der Waals surface area contributed by atoms with Gasteiger partial charge >= 0.3 is 0 Å². The molecule has 104 valence electrons. The quantitative estimate of drug-likeness (QED) is 0.881. The fraction of sp³-hybridized carbons (Fsp3) is 0.500. The first-order chi connectivity index (χ1) is 9.11. The molecule has 0 radical (unpaired) electrons. The van der Waals surface area contributed by atoms with Crippen molar-refractivity contribution in [3.8, 4) is 0 Å². The summed E-state index contributed by atoms with van der Waals surface area (Å²) in [5.74, 6) is 0.265. The number of aliphatic hydroxyl groups is 1. The molecule has 0 saturated heterocycles. The third-order valence-electron chi connectivity index (χ3n) is 3.64. The molecule has 0 aromatic heterocycles. The maximum Gasteiger partial charge on any atom is 0.253 e. The van der Waals surface area contributed by atoms with Crippen molar-refractivity contribution in [2.24, 2.45) is 5.92 Å². The van der Waals surface area contributed by atoms with E-state index in [1.807, 2.05) is 6.07 Å². The van der Waals surface area contributed by atoms with E-state index in [4.69, 9.17) is 16.7 Å². The third-order valence-corrected chi connectivity index (χ3v) is 4.93. The number of halogens is 2. The zero-order chi connectivity index (χ0) is 13.8. The first kappa shape index (κ1) is 14.8. The van der Waals surface area contributed by atoms with Gasteiger partial charge in [0.05, 0.1) is 10.6 Å². The van der Waals surface area contributed by atoms with Gasteiger partial charge in [-0.3, -0.25) is 4.79 Å². The van der Waals surface area contributed by atoms with Crippen LogP contribution in [0.25, 0.3) is 0 Å². The maximum atomic E-state index is 12.2. The van der Waals surface area contributed by atoms with Crippen LogP contribution in [-0.4, -0.2) is 23.7 Å². The topological polar surface area (TPSA) is 49.3 Å². The molecule has 0 aliphatic heterocycles. The Hall–Kier alpha value is -0.580. The molecule has 5 heteroatoms. The molecule has 1 amide bonds. The molecule has 3 nitrogen and oxygen atoms in total. The molecule has 0 heterocycles. The molecule has 0 unspecified atom stereocenters. The zero-order valence-corrected chi connectivity index (χ0v) is 12.9. The molecule has 0 atom stereocenters. The number of hydrogen-bond donors (Lipinski definition) is 2. The molecule has 1 aromatic rings. The van der Waals surface area contributed by atoms with Crippen LogP contribution >= 0.6 is 27.5 Å². The highest BCUT2D eigenvalue weighted by molar-refractivity contribution is 9.10. The summed E-state index contributed by atoms with van der Waals surface area (Å²) in [7, 11) is 0. The largest absolute Gasteiger partial charge is 0.396 e. The van der Waals surface area contributed by atoms with E-state index in [1.54, 1.807) is 12.1 Å². The molecule has 1 fully saturated rings. The van der Waals surface area contributed by atoms with Gasteiger partial charge in [-0.15, -0.1) is 0 Å². The minimum absolute atomic E-state index is 0.126. The molecule has 2 N–H and O–H groups in total. The number of carbonyl (C=O) groups excluding carboxylic acids is 1. The van der Waals surface area contributed by atoms with Crippen LogP contribution in [0, 0.1) is 5.92 Å². The van der Waals surface area contributed by atoms with Crippen molar-refractivity contribution >= 4 is 33.4 Å². The second-order valence-corrected chi connectivity index (χ2v) is 6.21. The Morgan fingerprint density at radius 2 is 2.05 bits per heavy atom. The van der Waals surface area contributed by atoms with Crippen LogP contribution in [0.2, 0.25) is 5.02 Å². The number of amides is 1. The molecule has 19 heavy (non-hydrogen) atoms. The normalized spacial score (nSPS) is 23.1. The van der Waals surface area contributed by atoms with Crippen LogP contribution in [-0.2, 0) is 0 Å². The summed E-state index contributed by atoms with van der Waals surface area (Å²) < 4.78 is 0.728. The van der Waals surface area contributed by atoms with Crippen molar-refractivity contribution in [2.75, 3.05) is 6.61 Å². The summed E-state index contributed by atoms with van der Waals surface area (Å²) in [5.41, 5.74) is 0.500. The van der Waals surface area contributed by atoms with Gasteiger partial charge in [-0.2, -0.15) is 0 Å². The van der Waals surface area contributed by atoms with E-state index in [2.05, 4.69) is 21.2 Å². The summed E-state index contributed by atoms with van der Waals surface area (Å²) >= 11 is 9.43. The van der Waals surface area contributed by atoms with Crippen molar-refractivity contribution < 1.29 is 9.90 Å². The highest BCUT2D eigenvalue weighted by atomic mass is 79.9. The Balaban J connectivity index is 1.96. The predicted molar refractivity (Wildman–Crippen MR) is 79.5 cm³/mol. The second-order valence-electron chi connectivity index (χ2n) is 4.98. The Morgan fingerprint density at radius 3 is 2.68 bits per heavy atom. The summed E-state index contributed by atoms with van der Waals surface area (Å²) in [6.45, 7) is 0.248. The summed E-state index contributed by atoms with van der Waals surface area (Å²) in [4.78, 5) is 12.2. The smallest absolute Gasteiger partial charge is 0.253 e. The van der Waals surface area contributed by atoms with Gasteiger partial charge in [-0.25, -0.2) is 0 Å². The molecular weight excluding hydrogens is 330 g/mol. The lowest BCUT2D eigenvalue weighted by Gasteiger charge is -2.28. The van der Waals surface area contributed by atoms with Crippen molar-refractivity contribution in [2.45, 2.75) is 31.7 Å². The van der Waals surface area contributed by atoms with Gasteiger partial charge in [0, 0.05) is 17.1 Å². The monoisotopic (exact) mass is 345 g/mol. The third kappa shape index (κ3) is 3.71. The maximum absolute atomic E-state index is 12.2. The summed E-state index contributed by atoms with van der Waals surface area (Å²) in [5, 5.41) is 12.6. The Morgan fingerprint density at radius 1 is 1.37 bits per heavy atom. The number of hydrogen-bond acceptors (Lipinski definition) is 2. The number of nitrogens with one attached hydrogen (secondary N) is 1. The van der Waals surface area contributed by atoms with E-state index in [9.17, 15) is 4.79 Å². The second kappa shape index (κ2) is 6.73.